The van der Waals surface area contributed by atoms with Crippen LogP contribution in [0, 0.1) is 11.8 Å². The second-order valence-corrected chi connectivity index (χ2v) is 5.26. The molecule has 20 heavy (non-hydrogen) atoms. The Bertz CT molecular complexity index is 524. The van der Waals surface area contributed by atoms with E-state index >= 15 is 0 Å². The molecule has 0 heterocycles. The van der Waals surface area contributed by atoms with E-state index in [0.29, 0.717) is 24.4 Å². The van der Waals surface area contributed by atoms with Crippen LogP contribution < -0.4 is 10.4 Å². The van der Waals surface area contributed by atoms with Gasteiger partial charge in [0.15, 0.2) is 0 Å². The predicted molar refractivity (Wildman–Crippen MR) is 73.7 cm³/mol. The third kappa shape index (κ3) is 3.61. The normalized spacial score (nSPS) is 21.4. The van der Waals surface area contributed by atoms with Crippen LogP contribution in [0.5, 0.6) is 0 Å². The van der Waals surface area contributed by atoms with Gasteiger partial charge < -0.3 is 15.2 Å². The molecule has 1 aromatic rings. The fraction of sp³-hybridized carbons (Fsp3) is 0.333. The van der Waals surface area contributed by atoms with E-state index in [-0.39, 0.29) is 5.91 Å². The number of carboxylic acids is 1. The van der Waals surface area contributed by atoms with Gasteiger partial charge in [-0.05, 0) is 30.5 Å². The van der Waals surface area contributed by atoms with E-state index in [0.717, 1.165) is 5.56 Å². The van der Waals surface area contributed by atoms with Gasteiger partial charge in [-0.2, -0.15) is 0 Å². The van der Waals surface area contributed by atoms with E-state index in [1.54, 1.807) is 18.2 Å². The minimum atomic E-state index is -1.17. The van der Waals surface area contributed by atoms with Crippen molar-refractivity contribution in [3.63, 3.8) is 0 Å². The van der Waals surface area contributed by atoms with Crippen molar-refractivity contribution in [2.75, 3.05) is 0 Å². The highest BCUT2D eigenvalue weighted by Crippen LogP contribution is 2.25. The molecule has 2 unspecified atom stereocenters. The Balaban J connectivity index is 1.95. The number of benzene rings is 1. The molecule has 1 aliphatic rings. The predicted octanol–water partition coefficient (Wildman–Crippen LogP) is 1.29. The van der Waals surface area contributed by atoms with Gasteiger partial charge in [-0.25, -0.2) is 0 Å². The lowest BCUT2D eigenvalue weighted by Gasteiger charge is -2.28. The van der Waals surface area contributed by atoms with Crippen molar-refractivity contribution in [3.8, 4) is 0 Å². The molecule has 0 saturated heterocycles. The zero-order valence-corrected chi connectivity index (χ0v) is 11.6. The average molecular weight is 293 g/mol. The second-order valence-electron chi connectivity index (χ2n) is 4.82. The molecule has 2 rings (SSSR count). The second kappa shape index (κ2) is 6.57. The van der Waals surface area contributed by atoms with Crippen molar-refractivity contribution >= 4 is 23.5 Å². The van der Waals surface area contributed by atoms with E-state index in [4.69, 9.17) is 11.6 Å². The van der Waals surface area contributed by atoms with Crippen molar-refractivity contribution in [2.45, 2.75) is 19.4 Å². The van der Waals surface area contributed by atoms with Crippen molar-refractivity contribution < 1.29 is 14.7 Å². The molecule has 0 aliphatic heterocycles. The van der Waals surface area contributed by atoms with E-state index in [9.17, 15) is 14.7 Å². The molecule has 1 N–H and O–H groups in total. The zero-order valence-electron chi connectivity index (χ0n) is 10.8. The van der Waals surface area contributed by atoms with Crippen molar-refractivity contribution in [1.29, 1.82) is 0 Å². The molecule has 0 bridgehead atoms. The molecule has 106 valence electrons. The molecule has 1 amide bonds. The standard InChI is InChI=1S/C15H16ClNO3/c16-11-7-5-10(6-8-11)9-17-14(18)12-3-1-2-4-13(12)15(19)20/h1-2,5-8,12-13H,3-4,9H2,(H,17,18)(H,19,20)/p-1. The van der Waals surface area contributed by atoms with Gasteiger partial charge in [-0.3, -0.25) is 4.79 Å². The molecular formula is C15H15ClNO3-. The highest BCUT2D eigenvalue weighted by Gasteiger charge is 2.29. The van der Waals surface area contributed by atoms with Crippen LogP contribution in [-0.2, 0) is 16.1 Å². The fourth-order valence-electron chi connectivity index (χ4n) is 2.29. The summed E-state index contributed by atoms with van der Waals surface area (Å²) in [6.07, 6.45) is 4.40. The number of hydrogen-bond donors (Lipinski definition) is 1. The first-order chi connectivity index (χ1) is 9.58. The molecule has 1 aromatic carbocycles. The highest BCUT2D eigenvalue weighted by molar-refractivity contribution is 6.30. The Hall–Kier alpha value is -1.81. The molecule has 0 radical (unpaired) electrons. The van der Waals surface area contributed by atoms with Gasteiger partial charge in [0.05, 0.1) is 0 Å². The number of rotatable bonds is 4. The first kappa shape index (κ1) is 14.6. The van der Waals surface area contributed by atoms with E-state index in [2.05, 4.69) is 5.32 Å². The third-order valence-electron chi connectivity index (χ3n) is 3.45. The fourth-order valence-corrected chi connectivity index (χ4v) is 2.41. The Morgan fingerprint density at radius 2 is 1.75 bits per heavy atom. The number of amides is 1. The van der Waals surface area contributed by atoms with Crippen LogP contribution in [0.2, 0.25) is 5.02 Å². The maximum absolute atomic E-state index is 12.1. The maximum atomic E-state index is 12.1. The van der Waals surface area contributed by atoms with E-state index < -0.39 is 17.8 Å². The summed E-state index contributed by atoms with van der Waals surface area (Å²) >= 11 is 5.78. The molecular weight excluding hydrogens is 278 g/mol. The number of aliphatic carboxylic acids is 1. The SMILES string of the molecule is O=C([O-])C1CC=CCC1C(=O)NCc1ccc(Cl)cc1. The molecule has 0 spiro atoms. The van der Waals surface area contributed by atoms with Crippen molar-refractivity contribution in [3.05, 3.63) is 47.0 Å². The lowest BCUT2D eigenvalue weighted by molar-refractivity contribution is -0.313. The summed E-state index contributed by atoms with van der Waals surface area (Å²) in [5.41, 5.74) is 0.916. The minimum Gasteiger partial charge on any atom is -0.550 e. The van der Waals surface area contributed by atoms with Crippen LogP contribution >= 0.6 is 11.6 Å². The number of nitrogens with one attached hydrogen (secondary N) is 1. The Morgan fingerprint density at radius 3 is 2.35 bits per heavy atom. The number of carbonyl (C=O) groups is 2. The molecule has 5 heteroatoms. The molecule has 0 aromatic heterocycles. The Morgan fingerprint density at radius 1 is 1.15 bits per heavy atom. The van der Waals surface area contributed by atoms with Crippen LogP contribution in [0.1, 0.15) is 18.4 Å². The summed E-state index contributed by atoms with van der Waals surface area (Å²) in [6.45, 7) is 0.357. The van der Waals surface area contributed by atoms with Gasteiger partial charge in [-0.1, -0.05) is 35.9 Å². The van der Waals surface area contributed by atoms with Gasteiger partial charge in [0.2, 0.25) is 5.91 Å². The first-order valence-electron chi connectivity index (χ1n) is 6.46. The number of allylic oxidation sites excluding steroid dienone is 2. The molecule has 0 saturated carbocycles. The lowest BCUT2D eigenvalue weighted by atomic mass is 9.82. The summed E-state index contributed by atoms with van der Waals surface area (Å²) in [5.74, 6) is -2.72. The smallest absolute Gasteiger partial charge is 0.224 e. The summed E-state index contributed by atoms with van der Waals surface area (Å²) in [7, 11) is 0. The highest BCUT2D eigenvalue weighted by atomic mass is 35.5. The Kier molecular flexibility index (Phi) is 4.79. The van der Waals surface area contributed by atoms with Gasteiger partial charge in [0, 0.05) is 29.4 Å². The maximum Gasteiger partial charge on any atom is 0.224 e. The first-order valence-corrected chi connectivity index (χ1v) is 6.83. The van der Waals surface area contributed by atoms with Crippen LogP contribution in [0.15, 0.2) is 36.4 Å². The minimum absolute atomic E-state index is 0.251. The summed E-state index contributed by atoms with van der Waals surface area (Å²) in [4.78, 5) is 23.1. The average Bonchev–Trinajstić information content (AvgIpc) is 2.46. The summed E-state index contributed by atoms with van der Waals surface area (Å²) in [5, 5.41) is 14.4. The van der Waals surface area contributed by atoms with E-state index in [1.807, 2.05) is 18.2 Å². The lowest BCUT2D eigenvalue weighted by Crippen LogP contribution is -2.43. The van der Waals surface area contributed by atoms with Gasteiger partial charge in [0.1, 0.15) is 0 Å². The van der Waals surface area contributed by atoms with Gasteiger partial charge in [0.25, 0.3) is 0 Å². The van der Waals surface area contributed by atoms with Gasteiger partial charge >= 0.3 is 0 Å². The van der Waals surface area contributed by atoms with Crippen LogP contribution in [0.3, 0.4) is 0 Å². The number of carboxylic acid groups (broad SMARTS) is 1. The molecule has 4 nitrogen and oxygen atoms in total. The molecule has 0 fully saturated rings. The van der Waals surface area contributed by atoms with Gasteiger partial charge in [-0.15, -0.1) is 0 Å². The van der Waals surface area contributed by atoms with Crippen LogP contribution in [0.25, 0.3) is 0 Å². The van der Waals surface area contributed by atoms with Crippen molar-refractivity contribution in [1.82, 2.24) is 5.32 Å². The molecule has 1 aliphatic carbocycles. The summed E-state index contributed by atoms with van der Waals surface area (Å²) < 4.78 is 0. The topological polar surface area (TPSA) is 69.2 Å². The summed E-state index contributed by atoms with van der Waals surface area (Å²) in [6, 6.07) is 7.13. The van der Waals surface area contributed by atoms with Crippen molar-refractivity contribution in [2.24, 2.45) is 11.8 Å². The molecule has 2 atom stereocenters. The third-order valence-corrected chi connectivity index (χ3v) is 3.70. The Labute approximate surface area is 122 Å². The van der Waals surface area contributed by atoms with Crippen LogP contribution in [0.4, 0.5) is 0 Å². The zero-order chi connectivity index (χ0) is 14.5. The number of halogens is 1. The van der Waals surface area contributed by atoms with E-state index in [1.165, 1.54) is 0 Å². The largest absolute Gasteiger partial charge is 0.550 e. The number of hydrogen-bond acceptors (Lipinski definition) is 3. The van der Waals surface area contributed by atoms with Crippen LogP contribution in [-0.4, -0.2) is 11.9 Å². The monoisotopic (exact) mass is 292 g/mol. The quantitative estimate of drug-likeness (QED) is 0.850. The number of carbonyl (C=O) groups excluding carboxylic acids is 2.